The molecule has 2 bridgehead atoms. The molecule has 27 heavy (non-hydrogen) atoms. The van der Waals surface area contributed by atoms with Crippen LogP contribution in [0.4, 0.5) is 0 Å². The van der Waals surface area contributed by atoms with Crippen molar-refractivity contribution in [2.45, 2.75) is 25.4 Å². The molecule has 3 fully saturated rings. The fourth-order valence-electron chi connectivity index (χ4n) is 4.64. The Morgan fingerprint density at radius 1 is 1.07 bits per heavy atom. The van der Waals surface area contributed by atoms with Crippen LogP contribution in [0.1, 0.15) is 18.4 Å². The Hall–Kier alpha value is -2.11. The van der Waals surface area contributed by atoms with Crippen LogP contribution in [0, 0.1) is 5.92 Å². The number of nitrogens with zero attached hydrogens (tertiary/aromatic N) is 2. The predicted octanol–water partition coefficient (Wildman–Crippen LogP) is 2.92. The number of hydrogen-bond acceptors (Lipinski definition) is 4. The van der Waals surface area contributed by atoms with Crippen LogP contribution in [-0.2, 0) is 16.1 Å². The van der Waals surface area contributed by atoms with Gasteiger partial charge in [0, 0.05) is 44.9 Å². The van der Waals surface area contributed by atoms with Crippen molar-refractivity contribution in [3.63, 3.8) is 0 Å². The molecule has 2 aromatic rings. The zero-order valence-corrected chi connectivity index (χ0v) is 16.2. The summed E-state index contributed by atoms with van der Waals surface area (Å²) in [6.45, 7) is 3.85. The summed E-state index contributed by atoms with van der Waals surface area (Å²) in [5.74, 6) is 1.32. The first kappa shape index (κ1) is 18.3. The van der Waals surface area contributed by atoms with Gasteiger partial charge in [-0.3, -0.25) is 9.69 Å². The Kier molecular flexibility index (Phi) is 5.32. The van der Waals surface area contributed by atoms with Gasteiger partial charge >= 0.3 is 0 Å². The summed E-state index contributed by atoms with van der Waals surface area (Å²) >= 11 is 0. The number of amides is 1. The van der Waals surface area contributed by atoms with Gasteiger partial charge in [-0.2, -0.15) is 0 Å². The van der Waals surface area contributed by atoms with E-state index in [0.717, 1.165) is 38.2 Å². The second kappa shape index (κ2) is 7.87. The third kappa shape index (κ3) is 3.54. The minimum atomic E-state index is 0.0987. The van der Waals surface area contributed by atoms with Gasteiger partial charge in [-0.15, -0.1) is 0 Å². The average molecular weight is 368 g/mol. The maximum absolute atomic E-state index is 12.9. The summed E-state index contributed by atoms with van der Waals surface area (Å²) in [6.07, 6.45) is 2.08. The number of carbonyl (C=O) groups excluding carboxylic acids is 1. The van der Waals surface area contributed by atoms with Crippen LogP contribution in [0.25, 0.3) is 10.8 Å². The lowest BCUT2D eigenvalue weighted by atomic mass is 9.94. The third-order valence-corrected chi connectivity index (χ3v) is 6.00. The van der Waals surface area contributed by atoms with Crippen LogP contribution in [0.3, 0.4) is 0 Å². The standard InChI is InChI=1S/C22H28N2O3/c1-26-12-11-24-18-9-7-17(22(24)25)13-23(14-18)15-20-19-6-4-3-5-16(19)8-10-21(20)27-2/h3-6,8,10,17-18H,7,9,11-15H2,1-2H3/t17-,18+/m1/s1. The van der Waals surface area contributed by atoms with Crippen LogP contribution in [0.2, 0.25) is 0 Å². The second-order valence-corrected chi connectivity index (χ2v) is 7.61. The maximum Gasteiger partial charge on any atom is 0.227 e. The zero-order chi connectivity index (χ0) is 18.8. The Labute approximate surface area is 160 Å². The van der Waals surface area contributed by atoms with Gasteiger partial charge in [0.2, 0.25) is 5.91 Å². The van der Waals surface area contributed by atoms with Crippen molar-refractivity contribution in [3.8, 4) is 5.75 Å². The summed E-state index contributed by atoms with van der Waals surface area (Å²) in [4.78, 5) is 17.4. The molecular weight excluding hydrogens is 340 g/mol. The molecule has 5 nitrogen and oxygen atoms in total. The number of piperidine rings is 1. The van der Waals surface area contributed by atoms with Crippen LogP contribution in [-0.4, -0.2) is 62.2 Å². The van der Waals surface area contributed by atoms with Gasteiger partial charge in [-0.05, 0) is 29.7 Å². The lowest BCUT2D eigenvalue weighted by Gasteiger charge is -2.35. The van der Waals surface area contributed by atoms with E-state index in [1.54, 1.807) is 14.2 Å². The summed E-state index contributed by atoms with van der Waals surface area (Å²) in [6, 6.07) is 12.9. The number of fused-ring (bicyclic) bond motifs is 5. The molecule has 0 unspecified atom stereocenters. The Balaban J connectivity index is 1.61. The molecule has 0 N–H and O–H groups in total. The van der Waals surface area contributed by atoms with Crippen molar-refractivity contribution < 1.29 is 14.3 Å². The minimum absolute atomic E-state index is 0.0987. The normalized spacial score (nSPS) is 23.0. The first-order valence-corrected chi connectivity index (χ1v) is 9.77. The first-order valence-electron chi connectivity index (χ1n) is 9.77. The van der Waals surface area contributed by atoms with E-state index in [1.807, 2.05) is 0 Å². The monoisotopic (exact) mass is 368 g/mol. The number of carbonyl (C=O) groups is 1. The number of ether oxygens (including phenoxy) is 2. The Morgan fingerprint density at radius 3 is 2.74 bits per heavy atom. The van der Waals surface area contributed by atoms with Gasteiger partial charge < -0.3 is 14.4 Å². The molecule has 0 radical (unpaired) electrons. The first-order chi connectivity index (χ1) is 13.2. The largest absolute Gasteiger partial charge is 0.496 e. The van der Waals surface area contributed by atoms with Gasteiger partial charge in [0.25, 0.3) is 0 Å². The third-order valence-electron chi connectivity index (χ3n) is 6.00. The van der Waals surface area contributed by atoms with Crippen LogP contribution >= 0.6 is 0 Å². The van der Waals surface area contributed by atoms with E-state index in [9.17, 15) is 4.79 Å². The van der Waals surface area contributed by atoms with E-state index >= 15 is 0 Å². The molecule has 0 saturated carbocycles. The van der Waals surface area contributed by atoms with Gasteiger partial charge in [0.05, 0.1) is 19.6 Å². The number of benzene rings is 2. The molecule has 3 saturated heterocycles. The molecule has 3 heterocycles. The average Bonchev–Trinajstić information content (AvgIpc) is 2.97. The quantitative estimate of drug-likeness (QED) is 0.786. The number of rotatable bonds is 6. The lowest BCUT2D eigenvalue weighted by molar-refractivity contribution is -0.140. The molecule has 0 aromatic heterocycles. The van der Waals surface area contributed by atoms with Gasteiger partial charge in [-0.25, -0.2) is 0 Å². The summed E-state index contributed by atoms with van der Waals surface area (Å²) < 4.78 is 10.9. The number of methoxy groups -OCH3 is 2. The van der Waals surface area contributed by atoms with Crippen LogP contribution in [0.15, 0.2) is 36.4 Å². The van der Waals surface area contributed by atoms with Crippen LogP contribution < -0.4 is 4.74 Å². The van der Waals surface area contributed by atoms with E-state index in [-0.39, 0.29) is 12.0 Å². The molecule has 3 aliphatic rings. The second-order valence-electron chi connectivity index (χ2n) is 7.61. The van der Waals surface area contributed by atoms with E-state index < -0.39 is 0 Å². The number of hydrogen-bond donors (Lipinski definition) is 0. The van der Waals surface area contributed by atoms with Crippen molar-refractivity contribution in [1.29, 1.82) is 0 Å². The summed E-state index contributed by atoms with van der Waals surface area (Å²) in [7, 11) is 3.43. The topological polar surface area (TPSA) is 42.0 Å². The van der Waals surface area contributed by atoms with E-state index in [0.29, 0.717) is 19.1 Å². The molecule has 1 amide bonds. The SMILES string of the molecule is COCCN1C(=O)[C@@H]2CC[C@H]1CN(Cc1c(OC)ccc3ccccc13)C2. The zero-order valence-electron chi connectivity index (χ0n) is 16.2. The summed E-state index contributed by atoms with van der Waals surface area (Å²) in [5, 5.41) is 2.46. The van der Waals surface area contributed by atoms with Crippen LogP contribution in [0.5, 0.6) is 5.75 Å². The van der Waals surface area contributed by atoms with E-state index in [4.69, 9.17) is 9.47 Å². The van der Waals surface area contributed by atoms with Crippen molar-refractivity contribution in [3.05, 3.63) is 42.0 Å². The van der Waals surface area contributed by atoms with Gasteiger partial charge in [0.15, 0.2) is 0 Å². The minimum Gasteiger partial charge on any atom is -0.496 e. The molecular formula is C22H28N2O3. The van der Waals surface area contributed by atoms with Crippen molar-refractivity contribution in [2.75, 3.05) is 40.5 Å². The van der Waals surface area contributed by atoms with Crippen molar-refractivity contribution >= 4 is 16.7 Å². The van der Waals surface area contributed by atoms with Crippen molar-refractivity contribution in [2.24, 2.45) is 5.92 Å². The fraction of sp³-hybridized carbons (Fsp3) is 0.500. The molecule has 0 spiro atoms. The smallest absolute Gasteiger partial charge is 0.227 e. The highest BCUT2D eigenvalue weighted by atomic mass is 16.5. The maximum atomic E-state index is 12.9. The molecule has 5 rings (SSSR count). The van der Waals surface area contributed by atoms with Crippen molar-refractivity contribution in [1.82, 2.24) is 9.80 Å². The molecule has 2 atom stereocenters. The molecule has 144 valence electrons. The highest BCUT2D eigenvalue weighted by Crippen LogP contribution is 2.33. The molecule has 0 aliphatic carbocycles. The summed E-state index contributed by atoms with van der Waals surface area (Å²) in [5.41, 5.74) is 1.22. The Morgan fingerprint density at radius 2 is 1.93 bits per heavy atom. The molecule has 3 aliphatic heterocycles. The predicted molar refractivity (Wildman–Crippen MR) is 106 cm³/mol. The lowest BCUT2D eigenvalue weighted by Crippen LogP contribution is -2.49. The molecule has 5 heteroatoms. The Bertz CT molecular complexity index is 822. The highest BCUT2D eigenvalue weighted by Gasteiger charge is 2.40. The van der Waals surface area contributed by atoms with Gasteiger partial charge in [0.1, 0.15) is 5.75 Å². The fourth-order valence-corrected chi connectivity index (χ4v) is 4.64. The molecule has 2 aromatic carbocycles. The highest BCUT2D eigenvalue weighted by molar-refractivity contribution is 5.87. The van der Waals surface area contributed by atoms with E-state index in [2.05, 4.69) is 46.2 Å². The van der Waals surface area contributed by atoms with Gasteiger partial charge in [-0.1, -0.05) is 30.3 Å². The van der Waals surface area contributed by atoms with E-state index in [1.165, 1.54) is 16.3 Å².